The van der Waals surface area contributed by atoms with Gasteiger partial charge in [0.15, 0.2) is 0 Å². The smallest absolute Gasteiger partial charge is 0.0228 e. The zero-order valence-corrected chi connectivity index (χ0v) is 7.29. The summed E-state index contributed by atoms with van der Waals surface area (Å²) in [6, 6.07) is 0. The van der Waals surface area contributed by atoms with Gasteiger partial charge in [0.05, 0.1) is 0 Å². The molecule has 61 valence electrons. The predicted molar refractivity (Wildman–Crippen MR) is 49.1 cm³/mol. The standard InChI is InChI=1S/C11H17/c1-3-6-10(2)9-11-7-4-5-8-11/h1,3-4,7,10-11H,5-6,8-9H2,2H3/t10-,11?/m1/s1. The molecule has 11 heavy (non-hydrogen) atoms. The topological polar surface area (TPSA) is 0 Å². The van der Waals surface area contributed by atoms with E-state index in [9.17, 15) is 0 Å². The van der Waals surface area contributed by atoms with Crippen molar-refractivity contribution < 1.29 is 0 Å². The molecule has 0 heteroatoms. The van der Waals surface area contributed by atoms with Gasteiger partial charge >= 0.3 is 0 Å². The zero-order chi connectivity index (χ0) is 8.10. The van der Waals surface area contributed by atoms with Crippen molar-refractivity contribution in [3.05, 3.63) is 24.8 Å². The Bertz CT molecular complexity index is 144. The van der Waals surface area contributed by atoms with E-state index in [4.69, 9.17) is 6.58 Å². The van der Waals surface area contributed by atoms with Crippen LogP contribution in [-0.2, 0) is 0 Å². The average Bonchev–Trinajstić information content (AvgIpc) is 2.40. The Kier molecular flexibility index (Phi) is 3.41. The highest BCUT2D eigenvalue weighted by atomic mass is 14.2. The lowest BCUT2D eigenvalue weighted by molar-refractivity contribution is 0.444. The molecule has 1 rings (SSSR count). The molecule has 0 bridgehead atoms. The lowest BCUT2D eigenvalue weighted by Crippen LogP contribution is -2.00. The highest BCUT2D eigenvalue weighted by Gasteiger charge is 2.11. The van der Waals surface area contributed by atoms with E-state index in [0.717, 1.165) is 18.3 Å². The fourth-order valence-electron chi connectivity index (χ4n) is 1.74. The molecule has 0 saturated carbocycles. The van der Waals surface area contributed by atoms with Crippen LogP contribution < -0.4 is 0 Å². The van der Waals surface area contributed by atoms with Crippen LogP contribution in [0, 0.1) is 18.4 Å². The first-order valence-corrected chi connectivity index (χ1v) is 4.53. The molecule has 0 saturated heterocycles. The molecule has 0 N–H and O–H groups in total. The number of hydrogen-bond donors (Lipinski definition) is 0. The van der Waals surface area contributed by atoms with Crippen molar-refractivity contribution in [2.75, 3.05) is 0 Å². The minimum atomic E-state index is 0.757. The summed E-state index contributed by atoms with van der Waals surface area (Å²) in [4.78, 5) is 0. The quantitative estimate of drug-likeness (QED) is 0.538. The summed E-state index contributed by atoms with van der Waals surface area (Å²) in [5.74, 6) is 1.60. The van der Waals surface area contributed by atoms with Crippen LogP contribution in [-0.4, -0.2) is 0 Å². The molecule has 0 aromatic rings. The Hall–Kier alpha value is -0.520. The van der Waals surface area contributed by atoms with Crippen molar-refractivity contribution in [1.82, 2.24) is 0 Å². The first-order valence-electron chi connectivity index (χ1n) is 4.53. The highest BCUT2D eigenvalue weighted by Crippen LogP contribution is 2.25. The third kappa shape index (κ3) is 2.92. The van der Waals surface area contributed by atoms with Crippen LogP contribution in [0.5, 0.6) is 0 Å². The van der Waals surface area contributed by atoms with E-state index >= 15 is 0 Å². The van der Waals surface area contributed by atoms with Crippen LogP contribution in [0.1, 0.15) is 32.6 Å². The summed E-state index contributed by atoms with van der Waals surface area (Å²) in [5, 5.41) is 0. The van der Waals surface area contributed by atoms with E-state index in [0.29, 0.717) is 0 Å². The molecular weight excluding hydrogens is 132 g/mol. The van der Waals surface area contributed by atoms with Gasteiger partial charge in [0.1, 0.15) is 0 Å². The molecule has 0 amide bonds. The SMILES string of the molecule is [CH]=CC[C@@H](C)CC1C=CCC1. The molecule has 0 nitrogen and oxygen atoms in total. The highest BCUT2D eigenvalue weighted by molar-refractivity contribution is 4.96. The fourth-order valence-corrected chi connectivity index (χ4v) is 1.74. The molecule has 0 aromatic heterocycles. The Morgan fingerprint density at radius 2 is 2.55 bits per heavy atom. The Morgan fingerprint density at radius 1 is 1.73 bits per heavy atom. The molecule has 2 atom stereocenters. The van der Waals surface area contributed by atoms with Crippen LogP contribution in [0.2, 0.25) is 0 Å². The maximum Gasteiger partial charge on any atom is -0.0228 e. The lowest BCUT2D eigenvalue weighted by atomic mass is 9.93. The summed E-state index contributed by atoms with van der Waals surface area (Å²) < 4.78 is 0. The van der Waals surface area contributed by atoms with Crippen LogP contribution in [0.4, 0.5) is 0 Å². The fraction of sp³-hybridized carbons (Fsp3) is 0.636. The van der Waals surface area contributed by atoms with Crippen LogP contribution in [0.3, 0.4) is 0 Å². The first kappa shape index (κ1) is 8.58. The van der Waals surface area contributed by atoms with Gasteiger partial charge in [-0.05, 0) is 37.5 Å². The van der Waals surface area contributed by atoms with E-state index < -0.39 is 0 Å². The Balaban J connectivity index is 2.18. The minimum absolute atomic E-state index is 0.757. The second-order valence-electron chi connectivity index (χ2n) is 3.58. The first-order chi connectivity index (χ1) is 5.33. The molecule has 0 heterocycles. The predicted octanol–water partition coefficient (Wildman–Crippen LogP) is 3.36. The Labute approximate surface area is 70.0 Å². The van der Waals surface area contributed by atoms with Gasteiger partial charge in [-0.3, -0.25) is 0 Å². The van der Waals surface area contributed by atoms with Gasteiger partial charge < -0.3 is 0 Å². The maximum atomic E-state index is 5.36. The third-order valence-corrected chi connectivity index (χ3v) is 2.36. The van der Waals surface area contributed by atoms with Gasteiger partial charge in [-0.25, -0.2) is 0 Å². The van der Waals surface area contributed by atoms with Crippen LogP contribution >= 0.6 is 0 Å². The number of hydrogen-bond acceptors (Lipinski definition) is 0. The maximum absolute atomic E-state index is 5.36. The van der Waals surface area contributed by atoms with Crippen LogP contribution in [0.15, 0.2) is 18.2 Å². The van der Waals surface area contributed by atoms with E-state index in [-0.39, 0.29) is 0 Å². The summed E-state index contributed by atoms with van der Waals surface area (Å²) in [7, 11) is 0. The normalized spacial score (nSPS) is 25.4. The zero-order valence-electron chi connectivity index (χ0n) is 7.29. The summed E-state index contributed by atoms with van der Waals surface area (Å²) in [6.07, 6.45) is 11.4. The summed E-state index contributed by atoms with van der Waals surface area (Å²) in [5.41, 5.74) is 0. The van der Waals surface area contributed by atoms with Crippen molar-refractivity contribution in [3.8, 4) is 0 Å². The van der Waals surface area contributed by atoms with Crippen molar-refractivity contribution in [2.45, 2.75) is 32.6 Å². The minimum Gasteiger partial charge on any atom is -0.0882 e. The van der Waals surface area contributed by atoms with Gasteiger partial charge in [-0.1, -0.05) is 31.7 Å². The van der Waals surface area contributed by atoms with Crippen molar-refractivity contribution in [1.29, 1.82) is 0 Å². The molecule has 1 radical (unpaired) electrons. The van der Waals surface area contributed by atoms with Gasteiger partial charge in [-0.2, -0.15) is 0 Å². The monoisotopic (exact) mass is 149 g/mol. The van der Waals surface area contributed by atoms with Crippen molar-refractivity contribution >= 4 is 0 Å². The summed E-state index contributed by atoms with van der Waals surface area (Å²) in [6.45, 7) is 7.63. The second-order valence-corrected chi connectivity index (χ2v) is 3.58. The lowest BCUT2D eigenvalue weighted by Gasteiger charge is -2.12. The molecular formula is C11H17. The van der Waals surface area contributed by atoms with Gasteiger partial charge in [0.25, 0.3) is 0 Å². The molecule has 1 unspecified atom stereocenters. The molecule has 0 spiro atoms. The average molecular weight is 149 g/mol. The van der Waals surface area contributed by atoms with Gasteiger partial charge in [0.2, 0.25) is 0 Å². The largest absolute Gasteiger partial charge is 0.0882 e. The van der Waals surface area contributed by atoms with E-state index in [2.05, 4.69) is 19.1 Å². The molecule has 1 aliphatic rings. The van der Waals surface area contributed by atoms with Gasteiger partial charge in [-0.15, -0.1) is 0 Å². The van der Waals surface area contributed by atoms with Crippen molar-refractivity contribution in [2.24, 2.45) is 11.8 Å². The second kappa shape index (κ2) is 4.38. The van der Waals surface area contributed by atoms with Crippen molar-refractivity contribution in [3.63, 3.8) is 0 Å². The van der Waals surface area contributed by atoms with E-state index in [1.807, 2.05) is 0 Å². The van der Waals surface area contributed by atoms with Gasteiger partial charge in [0, 0.05) is 0 Å². The van der Waals surface area contributed by atoms with E-state index in [1.165, 1.54) is 19.3 Å². The van der Waals surface area contributed by atoms with Crippen LogP contribution in [0.25, 0.3) is 0 Å². The number of rotatable bonds is 4. The summed E-state index contributed by atoms with van der Waals surface area (Å²) >= 11 is 0. The molecule has 0 fully saturated rings. The molecule has 1 aliphatic carbocycles. The third-order valence-electron chi connectivity index (χ3n) is 2.36. The molecule has 0 aromatic carbocycles. The number of allylic oxidation sites excluding steroid dienone is 3. The van der Waals surface area contributed by atoms with E-state index in [1.54, 1.807) is 6.08 Å². The Morgan fingerprint density at radius 3 is 3.09 bits per heavy atom. The molecule has 0 aliphatic heterocycles.